The maximum Gasteiger partial charge on any atom is 0.160 e. The Bertz CT molecular complexity index is 2810. The molecule has 3 heteroatoms. The van der Waals surface area contributed by atoms with E-state index in [2.05, 4.69) is 184 Å². The van der Waals surface area contributed by atoms with Gasteiger partial charge in [-0.1, -0.05) is 153 Å². The smallest absolute Gasteiger partial charge is 0.160 e. The molecule has 52 heavy (non-hydrogen) atoms. The predicted molar refractivity (Wildman–Crippen MR) is 220 cm³/mol. The average Bonchev–Trinajstić information content (AvgIpc) is 3.69. The molecular formula is C49H34N2S. The Balaban J connectivity index is 1.09. The molecule has 0 bridgehead atoms. The van der Waals surface area contributed by atoms with E-state index in [1.807, 2.05) is 11.3 Å². The first-order chi connectivity index (χ1) is 25.5. The van der Waals surface area contributed by atoms with Gasteiger partial charge in [0, 0.05) is 47.8 Å². The van der Waals surface area contributed by atoms with Crippen LogP contribution >= 0.6 is 11.3 Å². The maximum absolute atomic E-state index is 5.40. The van der Waals surface area contributed by atoms with Crippen LogP contribution in [0.1, 0.15) is 25.0 Å². The minimum absolute atomic E-state index is 0.253. The van der Waals surface area contributed by atoms with Crippen LogP contribution in [0.3, 0.4) is 0 Å². The Hall–Kier alpha value is -6.16. The number of benzene rings is 7. The molecule has 9 aromatic rings. The summed E-state index contributed by atoms with van der Waals surface area (Å²) in [5.41, 5.74) is 14.7. The number of aromatic nitrogens is 2. The monoisotopic (exact) mass is 682 g/mol. The van der Waals surface area contributed by atoms with Gasteiger partial charge in [-0.25, -0.2) is 9.97 Å². The molecule has 7 aromatic carbocycles. The van der Waals surface area contributed by atoms with Crippen LogP contribution in [-0.4, -0.2) is 9.97 Å². The first-order valence-corrected chi connectivity index (χ1v) is 18.6. The fourth-order valence-corrected chi connectivity index (χ4v) is 9.11. The summed E-state index contributed by atoms with van der Waals surface area (Å²) in [6.07, 6.45) is 0. The van der Waals surface area contributed by atoms with E-state index in [4.69, 9.17) is 9.97 Å². The highest BCUT2D eigenvalue weighted by Crippen LogP contribution is 2.51. The van der Waals surface area contributed by atoms with Gasteiger partial charge in [0.2, 0.25) is 0 Å². The normalized spacial score (nSPS) is 13.0. The lowest BCUT2D eigenvalue weighted by atomic mass is 9.80. The highest BCUT2D eigenvalue weighted by atomic mass is 32.1. The van der Waals surface area contributed by atoms with Crippen molar-refractivity contribution in [3.63, 3.8) is 0 Å². The molecule has 10 rings (SSSR count). The van der Waals surface area contributed by atoms with Crippen molar-refractivity contribution < 1.29 is 0 Å². The van der Waals surface area contributed by atoms with Crippen molar-refractivity contribution >= 4 is 31.5 Å². The van der Waals surface area contributed by atoms with Gasteiger partial charge in [-0.3, -0.25) is 0 Å². The third-order valence-electron chi connectivity index (χ3n) is 10.7. The van der Waals surface area contributed by atoms with Crippen LogP contribution in [0.5, 0.6) is 0 Å². The Labute approximate surface area is 307 Å². The van der Waals surface area contributed by atoms with Crippen LogP contribution in [-0.2, 0) is 5.41 Å². The molecule has 1 aliphatic rings. The van der Waals surface area contributed by atoms with Crippen LogP contribution in [0.4, 0.5) is 0 Å². The van der Waals surface area contributed by atoms with E-state index in [1.165, 1.54) is 64.7 Å². The van der Waals surface area contributed by atoms with E-state index < -0.39 is 0 Å². The second-order valence-electron chi connectivity index (χ2n) is 14.2. The first-order valence-electron chi connectivity index (χ1n) is 17.8. The van der Waals surface area contributed by atoms with Gasteiger partial charge in [0.05, 0.1) is 11.4 Å². The lowest BCUT2D eigenvalue weighted by Crippen LogP contribution is -2.17. The van der Waals surface area contributed by atoms with Crippen LogP contribution in [0.25, 0.3) is 87.5 Å². The summed E-state index contributed by atoms with van der Waals surface area (Å²) in [6, 6.07) is 61.2. The largest absolute Gasteiger partial charge is 0.228 e. The summed E-state index contributed by atoms with van der Waals surface area (Å²) >= 11 is 1.86. The van der Waals surface area contributed by atoms with Crippen molar-refractivity contribution in [2.24, 2.45) is 0 Å². The Morgan fingerprint density at radius 1 is 0.404 bits per heavy atom. The molecule has 2 heterocycles. The molecule has 0 saturated carbocycles. The van der Waals surface area contributed by atoms with Crippen molar-refractivity contribution in [3.8, 4) is 67.3 Å². The van der Waals surface area contributed by atoms with E-state index in [0.717, 1.165) is 33.9 Å². The van der Waals surface area contributed by atoms with Crippen LogP contribution < -0.4 is 0 Å². The summed E-state index contributed by atoms with van der Waals surface area (Å²) in [7, 11) is 0. The van der Waals surface area contributed by atoms with Crippen LogP contribution in [0.2, 0.25) is 0 Å². The Kier molecular flexibility index (Phi) is 7.06. The first kappa shape index (κ1) is 30.6. The third-order valence-corrected chi connectivity index (χ3v) is 11.8. The van der Waals surface area contributed by atoms with Gasteiger partial charge in [-0.15, -0.1) is 11.3 Å². The SMILES string of the molecule is CC1(C)c2ccccc2-c2nc(-c3ccc(-c4ccccc4)cc3)nc(-c3cccc(-c4cccc(-c5ccc6sc7ccccc7c6c5)c4)c3)c21. The second kappa shape index (κ2) is 12.0. The lowest BCUT2D eigenvalue weighted by Gasteiger charge is -2.24. The van der Waals surface area contributed by atoms with Gasteiger partial charge >= 0.3 is 0 Å². The highest BCUT2D eigenvalue weighted by molar-refractivity contribution is 7.25. The van der Waals surface area contributed by atoms with Crippen molar-refractivity contribution in [2.45, 2.75) is 19.3 Å². The van der Waals surface area contributed by atoms with Gasteiger partial charge in [0.15, 0.2) is 5.82 Å². The van der Waals surface area contributed by atoms with Crippen LogP contribution in [0.15, 0.2) is 170 Å². The molecule has 0 saturated heterocycles. The summed E-state index contributed by atoms with van der Waals surface area (Å²) in [5.74, 6) is 0.740. The fraction of sp³-hybridized carbons (Fsp3) is 0.0612. The molecular weight excluding hydrogens is 649 g/mol. The molecule has 246 valence electrons. The van der Waals surface area contributed by atoms with E-state index in [-0.39, 0.29) is 5.41 Å². The van der Waals surface area contributed by atoms with Crippen molar-refractivity contribution in [3.05, 3.63) is 181 Å². The molecule has 0 aliphatic heterocycles. The predicted octanol–water partition coefficient (Wildman–Crippen LogP) is 13.5. The van der Waals surface area contributed by atoms with E-state index in [0.29, 0.717) is 0 Å². The topological polar surface area (TPSA) is 25.8 Å². The molecule has 0 N–H and O–H groups in total. The fourth-order valence-electron chi connectivity index (χ4n) is 8.03. The maximum atomic E-state index is 5.40. The van der Waals surface area contributed by atoms with Gasteiger partial charge in [-0.05, 0) is 69.3 Å². The molecule has 1 aliphatic carbocycles. The summed E-state index contributed by atoms with van der Waals surface area (Å²) < 4.78 is 2.65. The quantitative estimate of drug-likeness (QED) is 0.181. The summed E-state index contributed by atoms with van der Waals surface area (Å²) in [5, 5.41) is 2.64. The van der Waals surface area contributed by atoms with Gasteiger partial charge < -0.3 is 0 Å². The van der Waals surface area contributed by atoms with E-state index in [1.54, 1.807) is 0 Å². The average molecular weight is 683 g/mol. The zero-order valence-corrected chi connectivity index (χ0v) is 29.8. The van der Waals surface area contributed by atoms with Crippen molar-refractivity contribution in [1.29, 1.82) is 0 Å². The summed E-state index contributed by atoms with van der Waals surface area (Å²) in [6.45, 7) is 4.61. The minimum Gasteiger partial charge on any atom is -0.228 e. The highest BCUT2D eigenvalue weighted by Gasteiger charge is 2.40. The van der Waals surface area contributed by atoms with Gasteiger partial charge in [0.25, 0.3) is 0 Å². The summed E-state index contributed by atoms with van der Waals surface area (Å²) in [4.78, 5) is 10.7. The number of rotatable bonds is 5. The molecule has 0 fully saturated rings. The van der Waals surface area contributed by atoms with Gasteiger partial charge in [0.1, 0.15) is 0 Å². The number of thiophene rings is 1. The van der Waals surface area contributed by atoms with Crippen molar-refractivity contribution in [2.75, 3.05) is 0 Å². The molecule has 0 amide bonds. The third kappa shape index (κ3) is 5.00. The van der Waals surface area contributed by atoms with E-state index in [9.17, 15) is 0 Å². The molecule has 0 atom stereocenters. The number of hydrogen-bond donors (Lipinski definition) is 0. The molecule has 2 aromatic heterocycles. The van der Waals surface area contributed by atoms with E-state index >= 15 is 0 Å². The molecule has 0 spiro atoms. The molecule has 2 nitrogen and oxygen atoms in total. The minimum atomic E-state index is -0.253. The number of hydrogen-bond acceptors (Lipinski definition) is 3. The van der Waals surface area contributed by atoms with Crippen molar-refractivity contribution in [1.82, 2.24) is 9.97 Å². The second-order valence-corrected chi connectivity index (χ2v) is 15.3. The Morgan fingerprint density at radius 2 is 0.942 bits per heavy atom. The zero-order chi connectivity index (χ0) is 34.8. The standard InChI is InChI=1S/C49H34N2S/c1-49(2)42-20-8-6-19-40(42)47-45(49)46(50-48(51-47)33-24-22-32(23-25-33)31-12-4-3-5-13-31)38-17-11-16-36(29-38)34-14-10-15-35(28-34)37-26-27-44-41(30-37)39-18-7-9-21-43(39)52-44/h3-30H,1-2H3. The molecule has 0 unspecified atom stereocenters. The lowest BCUT2D eigenvalue weighted by molar-refractivity contribution is 0.658. The number of nitrogens with zero attached hydrogens (tertiary/aromatic N) is 2. The van der Waals surface area contributed by atoms with Crippen LogP contribution in [0, 0.1) is 0 Å². The number of fused-ring (bicyclic) bond motifs is 6. The van der Waals surface area contributed by atoms with Gasteiger partial charge in [-0.2, -0.15) is 0 Å². The molecule has 0 radical (unpaired) electrons. The zero-order valence-electron chi connectivity index (χ0n) is 29.0. The Morgan fingerprint density at radius 3 is 1.73 bits per heavy atom.